The van der Waals surface area contributed by atoms with E-state index in [-0.39, 0.29) is 0 Å². The first kappa shape index (κ1) is 8.23. The van der Waals surface area contributed by atoms with Crippen LogP contribution in [0.1, 0.15) is 0 Å². The van der Waals surface area contributed by atoms with Crippen molar-refractivity contribution in [1.29, 1.82) is 0 Å². The number of hydrogen-bond donors (Lipinski definition) is 3. The average molecular weight is 170 g/mol. The minimum atomic E-state index is 0.647. The predicted octanol–water partition coefficient (Wildman–Crippen LogP) is 1.88. The van der Waals surface area contributed by atoms with Gasteiger partial charge in [-0.2, -0.15) is 0 Å². The van der Waals surface area contributed by atoms with Gasteiger partial charge in [-0.05, 0) is 18.2 Å². The summed E-state index contributed by atoms with van der Waals surface area (Å²) in [6.45, 7) is 0. The van der Waals surface area contributed by atoms with E-state index in [0.29, 0.717) is 17.7 Å². The highest BCUT2D eigenvalue weighted by molar-refractivity contribution is 7.93. The van der Waals surface area contributed by atoms with Gasteiger partial charge < -0.3 is 15.6 Å². The van der Waals surface area contributed by atoms with E-state index < -0.39 is 0 Å². The van der Waals surface area contributed by atoms with Crippen LogP contribution < -0.4 is 11.1 Å². The smallest absolute Gasteiger partial charge is 0.0391 e. The summed E-state index contributed by atoms with van der Waals surface area (Å²) in [6.07, 6.45) is 0. The van der Waals surface area contributed by atoms with Crippen molar-refractivity contribution in [3.63, 3.8) is 0 Å². The summed E-state index contributed by atoms with van der Waals surface area (Å²) in [5.74, 6) is 0. The highest BCUT2D eigenvalue weighted by atomic mass is 32.2. The van der Waals surface area contributed by atoms with E-state index in [1.165, 1.54) is 0 Å². The van der Waals surface area contributed by atoms with E-state index in [4.69, 9.17) is 10.3 Å². The van der Waals surface area contributed by atoms with Crippen molar-refractivity contribution in [2.75, 3.05) is 18.1 Å². The normalized spacial score (nSPS) is 9.64. The van der Waals surface area contributed by atoms with E-state index in [1.54, 1.807) is 19.2 Å². The summed E-state index contributed by atoms with van der Waals surface area (Å²) in [5, 5.41) is 2.94. The van der Waals surface area contributed by atoms with Crippen molar-refractivity contribution in [2.45, 2.75) is 4.90 Å². The average Bonchev–Trinajstić information content (AvgIpc) is 2.03. The molecule has 1 aromatic carbocycles. The maximum absolute atomic E-state index is 8.72. The van der Waals surface area contributed by atoms with Gasteiger partial charge in [0.1, 0.15) is 0 Å². The molecule has 0 saturated carbocycles. The number of benzene rings is 1. The Hall–Kier alpha value is -0.870. The molecule has 0 heterocycles. The minimum Gasteiger partial charge on any atom is -0.399 e. The van der Waals surface area contributed by atoms with Gasteiger partial charge in [-0.3, -0.25) is 0 Å². The number of nitrogen functional groups attached to an aromatic ring is 1. The van der Waals surface area contributed by atoms with Crippen molar-refractivity contribution in [2.24, 2.45) is 0 Å². The third kappa shape index (κ3) is 2.03. The second kappa shape index (κ2) is 3.50. The zero-order chi connectivity index (χ0) is 8.27. The molecule has 4 heteroatoms. The molecular formula is C7H10N2OS. The number of rotatable bonds is 2. The number of nitrogens with two attached hydrogens (primary N) is 1. The first-order chi connectivity index (χ1) is 5.26. The Morgan fingerprint density at radius 2 is 2.18 bits per heavy atom. The molecule has 0 fully saturated rings. The second-order valence-electron chi connectivity index (χ2n) is 2.13. The Kier molecular flexibility index (Phi) is 2.62. The Morgan fingerprint density at radius 3 is 2.73 bits per heavy atom. The topological polar surface area (TPSA) is 58.3 Å². The highest BCUT2D eigenvalue weighted by Crippen LogP contribution is 2.22. The first-order valence-corrected chi connectivity index (χ1v) is 3.93. The van der Waals surface area contributed by atoms with Crippen LogP contribution in [0.15, 0.2) is 23.1 Å². The fourth-order valence-electron chi connectivity index (χ4n) is 0.819. The van der Waals surface area contributed by atoms with Gasteiger partial charge in [-0.1, -0.05) is 0 Å². The van der Waals surface area contributed by atoms with Crippen molar-refractivity contribution in [1.82, 2.24) is 0 Å². The van der Waals surface area contributed by atoms with Gasteiger partial charge in [0.25, 0.3) is 0 Å². The fraction of sp³-hybridized carbons (Fsp3) is 0.143. The molecule has 0 radical (unpaired) electrons. The molecule has 4 N–H and O–H groups in total. The molecule has 0 atom stereocenters. The molecule has 0 aromatic heterocycles. The lowest BCUT2D eigenvalue weighted by molar-refractivity contribution is 0.664. The quantitative estimate of drug-likeness (QED) is 0.468. The molecule has 0 amide bonds. The van der Waals surface area contributed by atoms with Crippen LogP contribution in [0.3, 0.4) is 0 Å². The van der Waals surface area contributed by atoms with E-state index in [0.717, 1.165) is 10.6 Å². The lowest BCUT2D eigenvalue weighted by Crippen LogP contribution is -1.91. The molecule has 11 heavy (non-hydrogen) atoms. The van der Waals surface area contributed by atoms with E-state index in [1.807, 2.05) is 6.07 Å². The third-order valence-electron chi connectivity index (χ3n) is 1.32. The molecule has 0 aliphatic carbocycles. The zero-order valence-corrected chi connectivity index (χ0v) is 6.98. The van der Waals surface area contributed by atoms with Crippen LogP contribution in [0.4, 0.5) is 11.4 Å². The van der Waals surface area contributed by atoms with Gasteiger partial charge in [-0.25, -0.2) is 0 Å². The molecule has 60 valence electrons. The standard InChI is InChI=1S/C7H10N2OS/c1-9-6-2-5(8)3-7(4-6)11-10/h2-4,9-10H,8H2,1H3. The van der Waals surface area contributed by atoms with Crippen LogP contribution in [-0.2, 0) is 0 Å². The molecule has 1 rings (SSSR count). The highest BCUT2D eigenvalue weighted by Gasteiger charge is 1.96. The van der Waals surface area contributed by atoms with E-state index in [9.17, 15) is 0 Å². The molecular weight excluding hydrogens is 160 g/mol. The lowest BCUT2D eigenvalue weighted by Gasteiger charge is -2.03. The van der Waals surface area contributed by atoms with E-state index in [2.05, 4.69) is 5.32 Å². The van der Waals surface area contributed by atoms with Gasteiger partial charge in [0.15, 0.2) is 0 Å². The Morgan fingerprint density at radius 1 is 1.45 bits per heavy atom. The molecule has 0 aliphatic heterocycles. The van der Waals surface area contributed by atoms with Crippen molar-refractivity contribution < 1.29 is 4.55 Å². The Balaban J connectivity index is 3.02. The molecule has 0 unspecified atom stereocenters. The van der Waals surface area contributed by atoms with Crippen LogP contribution >= 0.6 is 12.0 Å². The van der Waals surface area contributed by atoms with Crippen molar-refractivity contribution in [3.8, 4) is 0 Å². The summed E-state index contributed by atoms with van der Waals surface area (Å²) in [4.78, 5) is 0.745. The van der Waals surface area contributed by atoms with Gasteiger partial charge in [0.2, 0.25) is 0 Å². The molecule has 1 aromatic rings. The number of nitrogens with one attached hydrogen (secondary N) is 1. The van der Waals surface area contributed by atoms with Crippen LogP contribution in [0, 0.1) is 0 Å². The van der Waals surface area contributed by atoms with Gasteiger partial charge >= 0.3 is 0 Å². The Labute approximate surface area is 69.8 Å². The largest absolute Gasteiger partial charge is 0.399 e. The molecule has 0 bridgehead atoms. The maximum Gasteiger partial charge on any atom is 0.0391 e. The van der Waals surface area contributed by atoms with Crippen LogP contribution in [-0.4, -0.2) is 11.6 Å². The summed E-state index contributed by atoms with van der Waals surface area (Å²) in [7, 11) is 1.81. The predicted molar refractivity (Wildman–Crippen MR) is 48.9 cm³/mol. The minimum absolute atomic E-state index is 0.647. The lowest BCUT2D eigenvalue weighted by atomic mass is 10.3. The maximum atomic E-state index is 8.72. The molecule has 3 nitrogen and oxygen atoms in total. The Bertz CT molecular complexity index is 230. The van der Waals surface area contributed by atoms with Crippen molar-refractivity contribution in [3.05, 3.63) is 18.2 Å². The molecule has 0 spiro atoms. The summed E-state index contributed by atoms with van der Waals surface area (Å²) in [5.41, 5.74) is 7.10. The van der Waals surface area contributed by atoms with Gasteiger partial charge in [-0.15, -0.1) is 0 Å². The number of anilines is 2. The molecule has 0 saturated heterocycles. The van der Waals surface area contributed by atoms with Crippen LogP contribution in [0.2, 0.25) is 0 Å². The monoisotopic (exact) mass is 170 g/mol. The van der Waals surface area contributed by atoms with E-state index >= 15 is 0 Å². The number of hydrogen-bond acceptors (Lipinski definition) is 4. The van der Waals surface area contributed by atoms with Gasteiger partial charge in [0.05, 0.1) is 0 Å². The van der Waals surface area contributed by atoms with Crippen LogP contribution in [0.25, 0.3) is 0 Å². The summed E-state index contributed by atoms with van der Waals surface area (Å²) >= 11 is 0.692. The second-order valence-corrected chi connectivity index (χ2v) is 2.79. The summed E-state index contributed by atoms with van der Waals surface area (Å²) in [6, 6.07) is 5.34. The SMILES string of the molecule is CNc1cc(N)cc(SO)c1. The third-order valence-corrected chi connectivity index (χ3v) is 1.77. The molecule has 0 aliphatic rings. The van der Waals surface area contributed by atoms with Gasteiger partial charge in [0, 0.05) is 35.4 Å². The van der Waals surface area contributed by atoms with Crippen LogP contribution in [0.5, 0.6) is 0 Å². The zero-order valence-electron chi connectivity index (χ0n) is 6.16. The summed E-state index contributed by atoms with van der Waals surface area (Å²) < 4.78 is 8.72. The first-order valence-electron chi connectivity index (χ1n) is 3.16. The van der Waals surface area contributed by atoms with Crippen molar-refractivity contribution >= 4 is 23.4 Å². The fourth-order valence-corrected chi connectivity index (χ4v) is 1.19.